The summed E-state index contributed by atoms with van der Waals surface area (Å²) in [5.74, 6) is 0.650. The zero-order chi connectivity index (χ0) is 12.1. The van der Waals surface area contributed by atoms with Crippen molar-refractivity contribution in [3.63, 3.8) is 0 Å². The maximum absolute atomic E-state index is 11.8. The molecule has 0 saturated heterocycles. The highest BCUT2D eigenvalue weighted by atomic mass is 16.3. The topological polar surface area (TPSA) is 65.1 Å². The van der Waals surface area contributed by atoms with E-state index in [0.717, 1.165) is 32.1 Å². The van der Waals surface area contributed by atoms with Crippen LogP contribution in [-0.4, -0.2) is 28.6 Å². The standard InChI is InChI=1S/C13H20N2O2/c16-8-6-10-1-3-12(4-2-10)15-13(17)11-5-7-14-9-11/h5,7,9-10,12,14,16H,1-4,6,8H2,(H,15,17). The van der Waals surface area contributed by atoms with Crippen LogP contribution in [0, 0.1) is 5.92 Å². The van der Waals surface area contributed by atoms with E-state index in [-0.39, 0.29) is 12.5 Å². The van der Waals surface area contributed by atoms with Gasteiger partial charge in [-0.1, -0.05) is 0 Å². The van der Waals surface area contributed by atoms with Crippen molar-refractivity contribution in [1.29, 1.82) is 0 Å². The largest absolute Gasteiger partial charge is 0.396 e. The van der Waals surface area contributed by atoms with Crippen molar-refractivity contribution in [2.24, 2.45) is 5.92 Å². The molecule has 94 valence electrons. The van der Waals surface area contributed by atoms with E-state index in [1.165, 1.54) is 0 Å². The Bertz CT molecular complexity index is 340. The van der Waals surface area contributed by atoms with Gasteiger partial charge in [0.25, 0.3) is 5.91 Å². The van der Waals surface area contributed by atoms with Gasteiger partial charge in [-0.3, -0.25) is 4.79 Å². The lowest BCUT2D eigenvalue weighted by Crippen LogP contribution is -2.37. The van der Waals surface area contributed by atoms with Crippen molar-refractivity contribution in [3.8, 4) is 0 Å². The molecule has 1 heterocycles. The minimum atomic E-state index is 0.0110. The van der Waals surface area contributed by atoms with Crippen LogP contribution < -0.4 is 5.32 Å². The second kappa shape index (κ2) is 5.87. The molecule has 1 aliphatic carbocycles. The number of amides is 1. The Hall–Kier alpha value is -1.29. The molecule has 0 bridgehead atoms. The lowest BCUT2D eigenvalue weighted by Gasteiger charge is -2.28. The second-order valence-electron chi connectivity index (χ2n) is 4.80. The van der Waals surface area contributed by atoms with Gasteiger partial charge in [0.05, 0.1) is 5.56 Å². The Balaban J connectivity index is 1.76. The maximum atomic E-state index is 11.8. The first-order chi connectivity index (χ1) is 8.29. The highest BCUT2D eigenvalue weighted by Gasteiger charge is 2.22. The third-order valence-corrected chi connectivity index (χ3v) is 3.58. The average Bonchev–Trinajstić information content (AvgIpc) is 2.86. The SMILES string of the molecule is O=C(NC1CCC(CCO)CC1)c1cc[nH]c1. The number of carbonyl (C=O) groups is 1. The van der Waals surface area contributed by atoms with E-state index in [9.17, 15) is 4.79 Å². The van der Waals surface area contributed by atoms with E-state index in [1.807, 2.05) is 0 Å². The van der Waals surface area contributed by atoms with Crippen molar-refractivity contribution in [2.45, 2.75) is 38.1 Å². The molecule has 0 aromatic carbocycles. The van der Waals surface area contributed by atoms with Gasteiger partial charge in [-0.2, -0.15) is 0 Å². The normalized spacial score (nSPS) is 24.5. The highest BCUT2D eigenvalue weighted by molar-refractivity contribution is 5.94. The molecule has 0 aliphatic heterocycles. The molecule has 3 N–H and O–H groups in total. The molecule has 1 aromatic heterocycles. The summed E-state index contributed by atoms with van der Waals surface area (Å²) in [6, 6.07) is 2.08. The van der Waals surface area contributed by atoms with Gasteiger partial charge in [0, 0.05) is 25.0 Å². The predicted octanol–water partition coefficient (Wildman–Crippen LogP) is 1.69. The summed E-state index contributed by atoms with van der Waals surface area (Å²) >= 11 is 0. The van der Waals surface area contributed by atoms with Gasteiger partial charge < -0.3 is 15.4 Å². The number of aromatic nitrogens is 1. The first kappa shape index (κ1) is 12.2. The molecule has 1 aromatic rings. The summed E-state index contributed by atoms with van der Waals surface area (Å²) in [6.07, 6.45) is 8.65. The Morgan fingerprint density at radius 2 is 2.18 bits per heavy atom. The minimum absolute atomic E-state index is 0.0110. The molecule has 1 saturated carbocycles. The molecule has 0 atom stereocenters. The van der Waals surface area contributed by atoms with Gasteiger partial charge >= 0.3 is 0 Å². The van der Waals surface area contributed by atoms with Crippen molar-refractivity contribution in [3.05, 3.63) is 24.0 Å². The van der Waals surface area contributed by atoms with Gasteiger partial charge in [0.1, 0.15) is 0 Å². The smallest absolute Gasteiger partial charge is 0.253 e. The van der Waals surface area contributed by atoms with E-state index < -0.39 is 0 Å². The third-order valence-electron chi connectivity index (χ3n) is 3.58. The molecule has 1 amide bonds. The number of rotatable bonds is 4. The van der Waals surface area contributed by atoms with Crippen LogP contribution in [0.25, 0.3) is 0 Å². The molecule has 1 fully saturated rings. The zero-order valence-corrected chi connectivity index (χ0v) is 9.98. The third kappa shape index (κ3) is 3.33. The molecular formula is C13H20N2O2. The molecule has 4 nitrogen and oxygen atoms in total. The summed E-state index contributed by atoms with van der Waals surface area (Å²) in [6.45, 7) is 0.283. The molecule has 0 unspecified atom stereocenters. The summed E-state index contributed by atoms with van der Waals surface area (Å²) in [4.78, 5) is 14.7. The zero-order valence-electron chi connectivity index (χ0n) is 9.98. The molecule has 1 aliphatic rings. The molecular weight excluding hydrogens is 216 g/mol. The number of carbonyl (C=O) groups excluding carboxylic acids is 1. The predicted molar refractivity (Wildman–Crippen MR) is 65.7 cm³/mol. The number of aliphatic hydroxyl groups is 1. The first-order valence-electron chi connectivity index (χ1n) is 6.34. The van der Waals surface area contributed by atoms with Crippen LogP contribution in [0.3, 0.4) is 0 Å². The van der Waals surface area contributed by atoms with Gasteiger partial charge in [-0.15, -0.1) is 0 Å². The molecule has 0 radical (unpaired) electrons. The van der Waals surface area contributed by atoms with Crippen LogP contribution in [0.15, 0.2) is 18.5 Å². The number of hydrogen-bond acceptors (Lipinski definition) is 2. The monoisotopic (exact) mass is 236 g/mol. The van der Waals surface area contributed by atoms with E-state index >= 15 is 0 Å². The summed E-state index contributed by atoms with van der Waals surface area (Å²) in [7, 11) is 0. The maximum Gasteiger partial charge on any atom is 0.253 e. The lowest BCUT2D eigenvalue weighted by molar-refractivity contribution is 0.0919. The van der Waals surface area contributed by atoms with Crippen LogP contribution >= 0.6 is 0 Å². The molecule has 17 heavy (non-hydrogen) atoms. The first-order valence-corrected chi connectivity index (χ1v) is 6.34. The van der Waals surface area contributed by atoms with E-state index in [0.29, 0.717) is 17.5 Å². The van der Waals surface area contributed by atoms with Gasteiger partial charge in [0.15, 0.2) is 0 Å². The van der Waals surface area contributed by atoms with Gasteiger partial charge in [-0.25, -0.2) is 0 Å². The van der Waals surface area contributed by atoms with Gasteiger partial charge in [0.2, 0.25) is 0 Å². The Kier molecular flexibility index (Phi) is 4.20. The van der Waals surface area contributed by atoms with E-state index in [2.05, 4.69) is 10.3 Å². The van der Waals surface area contributed by atoms with Crippen molar-refractivity contribution in [1.82, 2.24) is 10.3 Å². The average molecular weight is 236 g/mol. The van der Waals surface area contributed by atoms with Crippen LogP contribution in [0.5, 0.6) is 0 Å². The van der Waals surface area contributed by atoms with Crippen molar-refractivity contribution in [2.75, 3.05) is 6.61 Å². The number of hydrogen-bond donors (Lipinski definition) is 3. The summed E-state index contributed by atoms with van der Waals surface area (Å²) < 4.78 is 0. The fraction of sp³-hybridized carbons (Fsp3) is 0.615. The molecule has 2 rings (SSSR count). The quantitative estimate of drug-likeness (QED) is 0.744. The fourth-order valence-electron chi connectivity index (χ4n) is 2.51. The lowest BCUT2D eigenvalue weighted by atomic mass is 9.84. The summed E-state index contributed by atoms with van der Waals surface area (Å²) in [5.41, 5.74) is 0.697. The number of H-pyrrole nitrogens is 1. The fourth-order valence-corrected chi connectivity index (χ4v) is 2.51. The Morgan fingerprint density at radius 1 is 1.41 bits per heavy atom. The van der Waals surface area contributed by atoms with Crippen molar-refractivity contribution >= 4 is 5.91 Å². The number of aromatic amines is 1. The van der Waals surface area contributed by atoms with Crippen molar-refractivity contribution < 1.29 is 9.90 Å². The number of nitrogens with one attached hydrogen (secondary N) is 2. The van der Waals surface area contributed by atoms with Crippen LogP contribution in [0.2, 0.25) is 0 Å². The Morgan fingerprint density at radius 3 is 2.76 bits per heavy atom. The van der Waals surface area contributed by atoms with Gasteiger partial charge in [-0.05, 0) is 44.1 Å². The minimum Gasteiger partial charge on any atom is -0.396 e. The van der Waals surface area contributed by atoms with Crippen LogP contribution in [-0.2, 0) is 0 Å². The van der Waals surface area contributed by atoms with Crippen LogP contribution in [0.1, 0.15) is 42.5 Å². The second-order valence-corrected chi connectivity index (χ2v) is 4.80. The van der Waals surface area contributed by atoms with E-state index in [1.54, 1.807) is 18.5 Å². The van der Waals surface area contributed by atoms with Crippen LogP contribution in [0.4, 0.5) is 0 Å². The number of aliphatic hydroxyl groups excluding tert-OH is 1. The molecule has 0 spiro atoms. The molecule has 4 heteroatoms. The van der Waals surface area contributed by atoms with E-state index in [4.69, 9.17) is 5.11 Å². The summed E-state index contributed by atoms with van der Waals surface area (Å²) in [5, 5.41) is 11.9. The Labute approximate surface area is 101 Å². The highest BCUT2D eigenvalue weighted by Crippen LogP contribution is 2.26.